The normalized spacial score (nSPS) is 16.0. The van der Waals surface area contributed by atoms with Crippen LogP contribution in [0.2, 0.25) is 0 Å². The molecule has 0 aliphatic heterocycles. The fourth-order valence-electron chi connectivity index (χ4n) is 4.09. The molecule has 0 amide bonds. The Bertz CT molecular complexity index is 1130. The van der Waals surface area contributed by atoms with Crippen LogP contribution >= 0.6 is 0 Å². The zero-order valence-corrected chi connectivity index (χ0v) is 15.5. The van der Waals surface area contributed by atoms with Crippen molar-refractivity contribution >= 4 is 22.9 Å². The van der Waals surface area contributed by atoms with Gasteiger partial charge in [0.1, 0.15) is 0 Å². The van der Waals surface area contributed by atoms with Crippen LogP contribution in [0.3, 0.4) is 0 Å². The van der Waals surface area contributed by atoms with Crippen molar-refractivity contribution in [1.82, 2.24) is 0 Å². The average molecular weight is 356 g/mol. The predicted molar refractivity (Wildman–Crippen MR) is 122 cm³/mol. The van der Waals surface area contributed by atoms with E-state index in [1.807, 2.05) is 0 Å². The Labute approximate surface area is 165 Å². The minimum Gasteiger partial charge on any atom is -0.0622 e. The van der Waals surface area contributed by atoms with Gasteiger partial charge in [-0.15, -0.1) is 0 Å². The van der Waals surface area contributed by atoms with E-state index in [0.29, 0.717) is 0 Å². The number of hydrogen-bond donors (Lipinski definition) is 0. The zero-order valence-electron chi connectivity index (χ0n) is 15.5. The first-order valence-electron chi connectivity index (χ1n) is 9.64. The molecular formula is C28H20. The second-order valence-electron chi connectivity index (χ2n) is 6.96. The van der Waals surface area contributed by atoms with Crippen LogP contribution in [-0.4, -0.2) is 0 Å². The van der Waals surface area contributed by atoms with Crippen LogP contribution in [0.15, 0.2) is 109 Å². The molecule has 0 heteroatoms. The van der Waals surface area contributed by atoms with Gasteiger partial charge < -0.3 is 0 Å². The molecule has 0 radical (unpaired) electrons. The molecule has 0 saturated carbocycles. The van der Waals surface area contributed by atoms with Crippen molar-refractivity contribution in [2.75, 3.05) is 0 Å². The van der Waals surface area contributed by atoms with E-state index in [9.17, 15) is 0 Å². The standard InChI is InChI=1S/C28H20/c1-2-10-18-24-23(17-9-1)27(21-13-5-3-6-14-21)25-19-11-12-20-26(25)28(24)22-15-7-4-8-16-22/h1-20H/b2-1-,9-1?,10-2?,17-9-,18-10-,23-17?,24-18?. The van der Waals surface area contributed by atoms with Gasteiger partial charge in [0.25, 0.3) is 0 Å². The number of benzene rings is 4. The number of rotatable bonds is 2. The van der Waals surface area contributed by atoms with Gasteiger partial charge in [-0.2, -0.15) is 0 Å². The van der Waals surface area contributed by atoms with E-state index >= 15 is 0 Å². The lowest BCUT2D eigenvalue weighted by Crippen LogP contribution is -1.96. The van der Waals surface area contributed by atoms with E-state index in [4.69, 9.17) is 0 Å². The largest absolute Gasteiger partial charge is 0.0622 e. The molecule has 0 bridgehead atoms. The van der Waals surface area contributed by atoms with Crippen LogP contribution in [0.25, 0.3) is 45.2 Å². The maximum absolute atomic E-state index is 2.25. The summed E-state index contributed by atoms with van der Waals surface area (Å²) in [7, 11) is 0. The first-order valence-corrected chi connectivity index (χ1v) is 9.64. The SMILES string of the molecule is C1=C\C=C/c2c(c(-c3ccccc3)c3ccccc3c2-c2ccccc2)\C=C/1. The highest BCUT2D eigenvalue weighted by atomic mass is 14.2. The van der Waals surface area contributed by atoms with Crippen molar-refractivity contribution < 1.29 is 0 Å². The fraction of sp³-hybridized carbons (Fsp3) is 0. The summed E-state index contributed by atoms with van der Waals surface area (Å²) in [4.78, 5) is 0. The minimum atomic E-state index is 1.25. The number of fused-ring (bicyclic) bond motifs is 2. The van der Waals surface area contributed by atoms with Crippen molar-refractivity contribution in [2.24, 2.45) is 0 Å². The summed E-state index contributed by atoms with van der Waals surface area (Å²) in [6.07, 6.45) is 12.9. The lowest BCUT2D eigenvalue weighted by atomic mass is 9.83. The van der Waals surface area contributed by atoms with Gasteiger partial charge in [0.05, 0.1) is 0 Å². The molecule has 0 spiro atoms. The molecule has 0 saturated heterocycles. The minimum absolute atomic E-state index is 1.25. The molecule has 0 atom stereocenters. The molecule has 0 nitrogen and oxygen atoms in total. The Balaban J connectivity index is 1.99. The Morgan fingerprint density at radius 3 is 1.18 bits per heavy atom. The quantitative estimate of drug-likeness (QED) is 0.344. The Hall–Kier alpha value is -3.64. The summed E-state index contributed by atoms with van der Waals surface area (Å²) in [6, 6.07) is 30.2. The molecule has 1 aliphatic carbocycles. The van der Waals surface area contributed by atoms with Crippen LogP contribution in [0.5, 0.6) is 0 Å². The van der Waals surface area contributed by atoms with Crippen LogP contribution in [-0.2, 0) is 0 Å². The van der Waals surface area contributed by atoms with Gasteiger partial charge in [0.15, 0.2) is 0 Å². The molecule has 0 N–H and O–H groups in total. The highest BCUT2D eigenvalue weighted by Crippen LogP contribution is 2.43. The van der Waals surface area contributed by atoms with E-state index in [1.165, 1.54) is 44.2 Å². The molecule has 4 aromatic rings. The molecule has 4 aromatic carbocycles. The smallest absolute Gasteiger partial charge is 0.00264 e. The zero-order chi connectivity index (χ0) is 18.8. The Kier molecular flexibility index (Phi) is 4.23. The van der Waals surface area contributed by atoms with E-state index < -0.39 is 0 Å². The molecule has 5 rings (SSSR count). The molecule has 1 aliphatic rings. The molecule has 0 fully saturated rings. The third-order valence-electron chi connectivity index (χ3n) is 5.28. The van der Waals surface area contributed by atoms with Crippen molar-refractivity contribution in [3.05, 3.63) is 120 Å². The molecule has 0 unspecified atom stereocenters. The maximum Gasteiger partial charge on any atom is -0.00264 e. The van der Waals surface area contributed by atoms with E-state index in [1.54, 1.807) is 0 Å². The van der Waals surface area contributed by atoms with Gasteiger partial charge in [0, 0.05) is 0 Å². The van der Waals surface area contributed by atoms with Crippen LogP contribution < -0.4 is 0 Å². The van der Waals surface area contributed by atoms with Gasteiger partial charge >= 0.3 is 0 Å². The van der Waals surface area contributed by atoms with Crippen molar-refractivity contribution in [3.8, 4) is 22.3 Å². The van der Waals surface area contributed by atoms with Gasteiger partial charge in [-0.3, -0.25) is 0 Å². The fourth-order valence-corrected chi connectivity index (χ4v) is 4.09. The van der Waals surface area contributed by atoms with Crippen molar-refractivity contribution in [3.63, 3.8) is 0 Å². The van der Waals surface area contributed by atoms with E-state index in [2.05, 4.69) is 121 Å². The van der Waals surface area contributed by atoms with Gasteiger partial charge in [-0.1, -0.05) is 121 Å². The Morgan fingerprint density at radius 2 is 0.750 bits per heavy atom. The molecule has 0 heterocycles. The lowest BCUT2D eigenvalue weighted by Gasteiger charge is -2.20. The third kappa shape index (κ3) is 2.80. The third-order valence-corrected chi connectivity index (χ3v) is 5.28. The van der Waals surface area contributed by atoms with E-state index in [-0.39, 0.29) is 0 Å². The summed E-state index contributed by atoms with van der Waals surface area (Å²) < 4.78 is 0. The Morgan fingerprint density at radius 1 is 0.357 bits per heavy atom. The summed E-state index contributed by atoms with van der Waals surface area (Å²) in [5.74, 6) is 0. The number of allylic oxidation sites excluding steroid dienone is 4. The topological polar surface area (TPSA) is 0 Å². The second-order valence-corrected chi connectivity index (χ2v) is 6.96. The highest BCUT2D eigenvalue weighted by molar-refractivity contribution is 6.11. The summed E-state index contributed by atoms with van der Waals surface area (Å²) in [6.45, 7) is 0. The first-order chi connectivity index (χ1) is 13.9. The molecule has 28 heavy (non-hydrogen) atoms. The van der Waals surface area contributed by atoms with Crippen LogP contribution in [0.4, 0.5) is 0 Å². The summed E-state index contributed by atoms with van der Waals surface area (Å²) >= 11 is 0. The van der Waals surface area contributed by atoms with Gasteiger partial charge in [-0.05, 0) is 44.2 Å². The maximum atomic E-state index is 2.25. The highest BCUT2D eigenvalue weighted by Gasteiger charge is 2.18. The van der Waals surface area contributed by atoms with Gasteiger partial charge in [-0.25, -0.2) is 0 Å². The monoisotopic (exact) mass is 356 g/mol. The summed E-state index contributed by atoms with van der Waals surface area (Å²) in [5, 5.41) is 2.57. The van der Waals surface area contributed by atoms with Gasteiger partial charge in [0.2, 0.25) is 0 Å². The van der Waals surface area contributed by atoms with Crippen LogP contribution in [0.1, 0.15) is 11.1 Å². The average Bonchev–Trinajstić information content (AvgIpc) is 2.74. The first kappa shape index (κ1) is 16.5. The van der Waals surface area contributed by atoms with Crippen molar-refractivity contribution in [2.45, 2.75) is 0 Å². The molecule has 0 aromatic heterocycles. The van der Waals surface area contributed by atoms with Crippen LogP contribution in [0, 0.1) is 0 Å². The lowest BCUT2D eigenvalue weighted by molar-refractivity contribution is 1.57. The predicted octanol–water partition coefficient (Wildman–Crippen LogP) is 7.77. The number of hydrogen-bond acceptors (Lipinski definition) is 0. The van der Waals surface area contributed by atoms with Crippen molar-refractivity contribution in [1.29, 1.82) is 0 Å². The second kappa shape index (κ2) is 7.17. The molecule has 132 valence electrons. The van der Waals surface area contributed by atoms with E-state index in [0.717, 1.165) is 0 Å². The summed E-state index contributed by atoms with van der Waals surface area (Å²) in [5.41, 5.74) is 7.62. The molecular weight excluding hydrogens is 336 g/mol.